The Balaban J connectivity index is 2.48. The number of hydrogen-bond acceptors (Lipinski definition) is 5. The Morgan fingerprint density at radius 2 is 1.95 bits per heavy atom. The third-order valence-electron chi connectivity index (χ3n) is 3.62. The highest BCUT2D eigenvalue weighted by Gasteiger charge is 2.40. The molecule has 1 unspecified atom stereocenters. The van der Waals surface area contributed by atoms with Crippen molar-refractivity contribution in [3.8, 4) is 0 Å². The van der Waals surface area contributed by atoms with E-state index in [9.17, 15) is 13.5 Å². The molecule has 7 heteroatoms. The van der Waals surface area contributed by atoms with Crippen LogP contribution in [0.5, 0.6) is 0 Å². The molecule has 0 bridgehead atoms. The summed E-state index contributed by atoms with van der Waals surface area (Å²) in [6.07, 6.45) is -0.186. The lowest BCUT2D eigenvalue weighted by molar-refractivity contribution is -0.109. The Bertz CT molecular complexity index is 632. The van der Waals surface area contributed by atoms with Crippen LogP contribution in [0.4, 0.5) is 0 Å². The van der Waals surface area contributed by atoms with E-state index in [2.05, 4.69) is 0 Å². The molecule has 120 valence electrons. The van der Waals surface area contributed by atoms with E-state index >= 15 is 0 Å². The molecule has 0 aliphatic carbocycles. The van der Waals surface area contributed by atoms with Crippen LogP contribution in [0.15, 0.2) is 9.31 Å². The van der Waals surface area contributed by atoms with E-state index in [1.165, 1.54) is 4.31 Å². The molecule has 1 N–H and O–H groups in total. The van der Waals surface area contributed by atoms with E-state index in [1.54, 1.807) is 13.8 Å². The molecular formula is C14H23NO5S. The van der Waals surface area contributed by atoms with Crippen molar-refractivity contribution in [2.24, 2.45) is 0 Å². The molecule has 2 rings (SSSR count). The number of aliphatic hydroxyl groups is 1. The highest BCUT2D eigenvalue weighted by atomic mass is 32.2. The molecular weight excluding hydrogens is 294 g/mol. The van der Waals surface area contributed by atoms with Gasteiger partial charge in [-0.25, -0.2) is 8.42 Å². The molecule has 1 aliphatic rings. The van der Waals surface area contributed by atoms with E-state index in [-0.39, 0.29) is 24.2 Å². The summed E-state index contributed by atoms with van der Waals surface area (Å²) in [6, 6.07) is 0. The van der Waals surface area contributed by atoms with Gasteiger partial charge in [0.1, 0.15) is 16.4 Å². The normalized spacial score (nSPS) is 23.4. The molecule has 1 fully saturated rings. The molecule has 0 radical (unpaired) electrons. The molecule has 6 nitrogen and oxygen atoms in total. The van der Waals surface area contributed by atoms with Crippen molar-refractivity contribution in [1.82, 2.24) is 4.31 Å². The zero-order chi connectivity index (χ0) is 16.0. The first-order valence-corrected chi connectivity index (χ1v) is 8.40. The van der Waals surface area contributed by atoms with Crippen LogP contribution in [0.2, 0.25) is 0 Å². The first-order valence-electron chi connectivity index (χ1n) is 6.96. The summed E-state index contributed by atoms with van der Waals surface area (Å²) < 4.78 is 38.4. The van der Waals surface area contributed by atoms with E-state index in [0.29, 0.717) is 23.6 Å². The first kappa shape index (κ1) is 16.5. The third kappa shape index (κ3) is 3.01. The number of morpholine rings is 1. The van der Waals surface area contributed by atoms with Gasteiger partial charge in [0, 0.05) is 18.7 Å². The van der Waals surface area contributed by atoms with Crippen LogP contribution < -0.4 is 0 Å². The molecule has 0 saturated carbocycles. The van der Waals surface area contributed by atoms with Crippen molar-refractivity contribution in [2.75, 3.05) is 13.1 Å². The number of rotatable bonds is 3. The number of aliphatic hydroxyl groups excluding tert-OH is 1. The molecule has 1 saturated heterocycles. The number of aryl methyl sites for hydroxylation is 2. The Morgan fingerprint density at radius 3 is 2.48 bits per heavy atom. The molecule has 0 amide bonds. The van der Waals surface area contributed by atoms with E-state index in [0.717, 1.165) is 0 Å². The lowest BCUT2D eigenvalue weighted by Gasteiger charge is -2.40. The summed E-state index contributed by atoms with van der Waals surface area (Å²) in [5.74, 6) is 0.752. The van der Waals surface area contributed by atoms with Gasteiger partial charge in [-0.1, -0.05) is 0 Å². The summed E-state index contributed by atoms with van der Waals surface area (Å²) in [5, 5.41) is 9.46. The van der Waals surface area contributed by atoms with Gasteiger partial charge in [0.25, 0.3) is 0 Å². The highest BCUT2D eigenvalue weighted by Crippen LogP contribution is 2.32. The van der Waals surface area contributed by atoms with E-state index < -0.39 is 15.6 Å². The summed E-state index contributed by atoms with van der Waals surface area (Å²) in [4.78, 5) is 0.0902. The van der Waals surface area contributed by atoms with Crippen molar-refractivity contribution in [1.29, 1.82) is 0 Å². The van der Waals surface area contributed by atoms with Crippen LogP contribution in [0, 0.1) is 13.8 Å². The van der Waals surface area contributed by atoms with Gasteiger partial charge >= 0.3 is 0 Å². The zero-order valence-corrected chi connectivity index (χ0v) is 14.0. The Morgan fingerprint density at radius 1 is 1.33 bits per heavy atom. The van der Waals surface area contributed by atoms with Crippen LogP contribution in [0.3, 0.4) is 0 Å². The quantitative estimate of drug-likeness (QED) is 0.915. The molecule has 0 aromatic carbocycles. The van der Waals surface area contributed by atoms with Crippen molar-refractivity contribution < 1.29 is 22.7 Å². The number of furan rings is 1. The van der Waals surface area contributed by atoms with Gasteiger partial charge in [0.05, 0.1) is 18.3 Å². The van der Waals surface area contributed by atoms with Crippen LogP contribution in [0.25, 0.3) is 0 Å². The fourth-order valence-electron chi connectivity index (χ4n) is 2.94. The molecule has 21 heavy (non-hydrogen) atoms. The third-order valence-corrected chi connectivity index (χ3v) is 5.63. The van der Waals surface area contributed by atoms with Crippen LogP contribution in [-0.2, 0) is 21.4 Å². The van der Waals surface area contributed by atoms with Gasteiger partial charge in [-0.05, 0) is 34.6 Å². The Labute approximate surface area is 125 Å². The summed E-state index contributed by atoms with van der Waals surface area (Å²) >= 11 is 0. The summed E-state index contributed by atoms with van der Waals surface area (Å²) in [5.41, 5.74) is -0.207. The fourth-order valence-corrected chi connectivity index (χ4v) is 5.01. The Kier molecular flexibility index (Phi) is 4.23. The summed E-state index contributed by atoms with van der Waals surface area (Å²) in [6.45, 7) is 9.05. The number of hydrogen-bond donors (Lipinski definition) is 1. The molecule has 1 aromatic rings. The first-order chi connectivity index (χ1) is 9.58. The molecule has 1 aliphatic heterocycles. The lowest BCUT2D eigenvalue weighted by Crippen LogP contribution is -2.53. The Hall–Kier alpha value is -0.890. The molecule has 1 aromatic heterocycles. The minimum Gasteiger partial charge on any atom is -0.465 e. The van der Waals surface area contributed by atoms with Crippen LogP contribution in [-0.4, -0.2) is 42.6 Å². The minimum absolute atomic E-state index is 0.0902. The maximum absolute atomic E-state index is 12.9. The topological polar surface area (TPSA) is 80.0 Å². The molecule has 0 spiro atoms. The number of sulfonamides is 1. The predicted octanol–water partition coefficient (Wildman–Crippen LogP) is 1.58. The SMILES string of the molecule is Cc1oc(C)c(S(=O)(=O)N2CC(C)OC(C)(C)C2)c1CO. The minimum atomic E-state index is -3.72. The van der Waals surface area contributed by atoms with Crippen LogP contribution >= 0.6 is 0 Å². The zero-order valence-electron chi connectivity index (χ0n) is 13.1. The molecule has 1 atom stereocenters. The van der Waals surface area contributed by atoms with Crippen molar-refractivity contribution in [2.45, 2.75) is 57.8 Å². The van der Waals surface area contributed by atoms with Gasteiger partial charge in [-0.3, -0.25) is 0 Å². The van der Waals surface area contributed by atoms with E-state index in [4.69, 9.17) is 9.15 Å². The standard InChI is InChI=1S/C14H23NO5S/c1-9-6-15(8-14(4,5)20-9)21(17,18)13-11(3)19-10(2)12(13)7-16/h9,16H,6-8H2,1-5H3. The second kappa shape index (κ2) is 5.39. The number of nitrogens with zero attached hydrogens (tertiary/aromatic N) is 1. The average molecular weight is 317 g/mol. The maximum Gasteiger partial charge on any atom is 0.247 e. The average Bonchev–Trinajstić information content (AvgIpc) is 2.61. The smallest absolute Gasteiger partial charge is 0.247 e. The van der Waals surface area contributed by atoms with Gasteiger partial charge < -0.3 is 14.3 Å². The van der Waals surface area contributed by atoms with Crippen molar-refractivity contribution >= 4 is 10.0 Å². The fraction of sp³-hybridized carbons (Fsp3) is 0.714. The summed E-state index contributed by atoms with van der Waals surface area (Å²) in [7, 11) is -3.72. The highest BCUT2D eigenvalue weighted by molar-refractivity contribution is 7.89. The largest absolute Gasteiger partial charge is 0.465 e. The van der Waals surface area contributed by atoms with Crippen molar-refractivity contribution in [3.05, 3.63) is 17.1 Å². The predicted molar refractivity (Wildman–Crippen MR) is 77.5 cm³/mol. The second-order valence-electron chi connectivity index (χ2n) is 6.17. The second-order valence-corrected chi connectivity index (χ2v) is 8.04. The van der Waals surface area contributed by atoms with E-state index in [1.807, 2.05) is 20.8 Å². The lowest BCUT2D eigenvalue weighted by atomic mass is 10.1. The molecule has 2 heterocycles. The van der Waals surface area contributed by atoms with Crippen LogP contribution in [0.1, 0.15) is 37.9 Å². The van der Waals surface area contributed by atoms with Gasteiger partial charge in [-0.15, -0.1) is 0 Å². The van der Waals surface area contributed by atoms with Gasteiger partial charge in [0.2, 0.25) is 10.0 Å². The van der Waals surface area contributed by atoms with Gasteiger partial charge in [-0.2, -0.15) is 4.31 Å². The maximum atomic E-state index is 12.9. The monoisotopic (exact) mass is 317 g/mol. The van der Waals surface area contributed by atoms with Crippen molar-refractivity contribution in [3.63, 3.8) is 0 Å². The number of ether oxygens (including phenoxy) is 1. The van der Waals surface area contributed by atoms with Gasteiger partial charge in [0.15, 0.2) is 0 Å².